The van der Waals surface area contributed by atoms with E-state index in [1.54, 1.807) is 0 Å². The largest absolute Gasteiger partial charge is 0.391 e. The summed E-state index contributed by atoms with van der Waals surface area (Å²) in [4.78, 5) is 12.4. The van der Waals surface area contributed by atoms with E-state index in [-0.39, 0.29) is 11.9 Å². The predicted molar refractivity (Wildman–Crippen MR) is 81.1 cm³/mol. The fourth-order valence-electron chi connectivity index (χ4n) is 3.01. The summed E-state index contributed by atoms with van der Waals surface area (Å²) < 4.78 is 0. The number of aliphatic hydroxyl groups excluding tert-OH is 1. The number of H-pyrrole nitrogens is 1. The topological polar surface area (TPSA) is 78.0 Å². The predicted octanol–water partition coefficient (Wildman–Crippen LogP) is 2.38. The van der Waals surface area contributed by atoms with Crippen molar-refractivity contribution in [2.45, 2.75) is 50.7 Å². The van der Waals surface area contributed by atoms with Gasteiger partial charge in [0.25, 0.3) is 5.91 Å². The molecule has 2 aromatic rings. The van der Waals surface area contributed by atoms with Crippen LogP contribution in [0, 0.1) is 0 Å². The second-order valence-electron chi connectivity index (χ2n) is 5.76. The lowest BCUT2D eigenvalue weighted by Crippen LogP contribution is -2.44. The Hall–Kier alpha value is -1.88. The molecule has 1 aromatic heterocycles. The third-order valence-corrected chi connectivity index (χ3v) is 4.23. The first-order valence-corrected chi connectivity index (χ1v) is 7.68. The monoisotopic (exact) mass is 287 g/mol. The fraction of sp³-hybridized carbons (Fsp3) is 0.500. The van der Waals surface area contributed by atoms with Gasteiger partial charge in [-0.05, 0) is 18.9 Å². The normalized spacial score (nSPS) is 23.5. The quantitative estimate of drug-likeness (QED) is 0.793. The Kier molecular flexibility index (Phi) is 4.20. The second kappa shape index (κ2) is 6.26. The number of hydrogen-bond acceptors (Lipinski definition) is 3. The molecular formula is C16H21N3O2. The highest BCUT2D eigenvalue weighted by Gasteiger charge is 2.24. The lowest BCUT2D eigenvalue weighted by molar-refractivity contribution is 0.0768. The van der Waals surface area contributed by atoms with E-state index in [0.717, 1.165) is 36.6 Å². The zero-order valence-corrected chi connectivity index (χ0v) is 12.0. The zero-order valence-electron chi connectivity index (χ0n) is 12.0. The van der Waals surface area contributed by atoms with Crippen molar-refractivity contribution in [1.29, 1.82) is 0 Å². The number of aliphatic hydroxyl groups is 1. The number of nitrogens with zero attached hydrogens (tertiary/aromatic N) is 1. The molecule has 1 amide bonds. The lowest BCUT2D eigenvalue weighted by atomic mass is 9.94. The van der Waals surface area contributed by atoms with E-state index < -0.39 is 6.10 Å². The van der Waals surface area contributed by atoms with Gasteiger partial charge in [-0.2, -0.15) is 5.10 Å². The van der Waals surface area contributed by atoms with Crippen molar-refractivity contribution in [1.82, 2.24) is 15.5 Å². The van der Waals surface area contributed by atoms with Gasteiger partial charge in [-0.3, -0.25) is 9.89 Å². The summed E-state index contributed by atoms with van der Waals surface area (Å²) in [7, 11) is 0. The average Bonchev–Trinajstić information content (AvgIpc) is 2.91. The molecule has 1 heterocycles. The van der Waals surface area contributed by atoms with E-state index in [9.17, 15) is 9.90 Å². The molecule has 21 heavy (non-hydrogen) atoms. The standard InChI is InChI=1S/C16H21N3O2/c20-14-10-4-2-1-3-9-13(14)17-16(21)15-11-7-5-6-8-12(11)18-19-15/h5-8,13-14,20H,1-4,9-10H2,(H,17,21)(H,18,19)/t13-,14-/m0/s1. The van der Waals surface area contributed by atoms with Gasteiger partial charge in [0.05, 0.1) is 17.7 Å². The lowest BCUT2D eigenvalue weighted by Gasteiger charge is -2.26. The summed E-state index contributed by atoms with van der Waals surface area (Å²) in [5.41, 5.74) is 1.25. The van der Waals surface area contributed by atoms with Crippen LogP contribution in [0.4, 0.5) is 0 Å². The summed E-state index contributed by atoms with van der Waals surface area (Å²) in [5.74, 6) is -0.211. The number of hydrogen-bond donors (Lipinski definition) is 3. The molecular weight excluding hydrogens is 266 g/mol. The van der Waals surface area contributed by atoms with E-state index in [1.165, 1.54) is 12.8 Å². The summed E-state index contributed by atoms with van der Waals surface area (Å²) in [6.45, 7) is 0. The van der Waals surface area contributed by atoms with Crippen molar-refractivity contribution in [3.05, 3.63) is 30.0 Å². The number of fused-ring (bicyclic) bond motifs is 1. The molecule has 1 saturated carbocycles. The van der Waals surface area contributed by atoms with Gasteiger partial charge in [-0.25, -0.2) is 0 Å². The van der Waals surface area contributed by atoms with Crippen LogP contribution in [-0.2, 0) is 0 Å². The Balaban J connectivity index is 1.75. The molecule has 1 aliphatic carbocycles. The van der Waals surface area contributed by atoms with Crippen molar-refractivity contribution >= 4 is 16.8 Å². The number of amides is 1. The highest BCUT2D eigenvalue weighted by molar-refractivity contribution is 6.04. The van der Waals surface area contributed by atoms with Gasteiger partial charge in [0.2, 0.25) is 0 Å². The molecule has 0 saturated heterocycles. The molecule has 1 fully saturated rings. The van der Waals surface area contributed by atoms with Crippen LogP contribution in [0.15, 0.2) is 24.3 Å². The van der Waals surface area contributed by atoms with Crippen LogP contribution in [-0.4, -0.2) is 33.4 Å². The summed E-state index contributed by atoms with van der Waals surface area (Å²) in [5, 5.41) is 20.9. The molecule has 5 heteroatoms. The van der Waals surface area contributed by atoms with E-state index in [4.69, 9.17) is 0 Å². The number of carbonyl (C=O) groups excluding carboxylic acids is 1. The van der Waals surface area contributed by atoms with Crippen molar-refractivity contribution in [3.8, 4) is 0 Å². The smallest absolute Gasteiger partial charge is 0.272 e. The minimum atomic E-state index is -0.459. The van der Waals surface area contributed by atoms with Gasteiger partial charge in [0, 0.05) is 5.39 Å². The minimum Gasteiger partial charge on any atom is -0.391 e. The maximum atomic E-state index is 12.4. The van der Waals surface area contributed by atoms with E-state index in [0.29, 0.717) is 5.69 Å². The SMILES string of the molecule is O=C(N[C@H]1CCCCCC[C@@H]1O)c1n[nH]c2ccccc12. The number of nitrogens with one attached hydrogen (secondary N) is 2. The Morgan fingerprint density at radius 1 is 1.19 bits per heavy atom. The van der Waals surface area contributed by atoms with Gasteiger partial charge in [0.1, 0.15) is 0 Å². The van der Waals surface area contributed by atoms with Gasteiger partial charge < -0.3 is 10.4 Å². The molecule has 0 radical (unpaired) electrons. The number of carbonyl (C=O) groups is 1. The molecule has 0 aliphatic heterocycles. The number of benzene rings is 1. The van der Waals surface area contributed by atoms with Crippen molar-refractivity contribution < 1.29 is 9.90 Å². The Morgan fingerprint density at radius 3 is 2.81 bits per heavy atom. The number of aromatic amines is 1. The third kappa shape index (κ3) is 3.08. The van der Waals surface area contributed by atoms with E-state index in [2.05, 4.69) is 15.5 Å². The molecule has 3 N–H and O–H groups in total. The van der Waals surface area contributed by atoms with Crippen LogP contribution in [0.3, 0.4) is 0 Å². The van der Waals surface area contributed by atoms with Crippen LogP contribution in [0.5, 0.6) is 0 Å². The zero-order chi connectivity index (χ0) is 14.7. The molecule has 0 unspecified atom stereocenters. The number of para-hydroxylation sites is 1. The van der Waals surface area contributed by atoms with Crippen molar-refractivity contribution in [2.75, 3.05) is 0 Å². The van der Waals surface area contributed by atoms with Gasteiger partial charge in [-0.15, -0.1) is 0 Å². The number of aromatic nitrogens is 2. The van der Waals surface area contributed by atoms with Crippen molar-refractivity contribution in [3.63, 3.8) is 0 Å². The molecule has 2 atom stereocenters. The molecule has 1 aromatic carbocycles. The fourth-order valence-corrected chi connectivity index (χ4v) is 3.01. The maximum Gasteiger partial charge on any atom is 0.272 e. The second-order valence-corrected chi connectivity index (χ2v) is 5.76. The Labute approximate surface area is 123 Å². The third-order valence-electron chi connectivity index (χ3n) is 4.23. The first kappa shape index (κ1) is 14.1. The van der Waals surface area contributed by atoms with Gasteiger partial charge in [-0.1, -0.05) is 43.9 Å². The molecule has 3 rings (SSSR count). The first-order valence-electron chi connectivity index (χ1n) is 7.68. The van der Waals surface area contributed by atoms with Crippen LogP contribution < -0.4 is 5.32 Å². The average molecular weight is 287 g/mol. The maximum absolute atomic E-state index is 12.4. The number of rotatable bonds is 2. The summed E-state index contributed by atoms with van der Waals surface area (Å²) >= 11 is 0. The van der Waals surface area contributed by atoms with Gasteiger partial charge >= 0.3 is 0 Å². The van der Waals surface area contributed by atoms with Gasteiger partial charge in [0.15, 0.2) is 5.69 Å². The molecule has 0 spiro atoms. The van der Waals surface area contributed by atoms with Crippen LogP contribution >= 0.6 is 0 Å². The molecule has 5 nitrogen and oxygen atoms in total. The molecule has 112 valence electrons. The van der Waals surface area contributed by atoms with Crippen LogP contribution in [0.1, 0.15) is 49.0 Å². The van der Waals surface area contributed by atoms with E-state index >= 15 is 0 Å². The van der Waals surface area contributed by atoms with E-state index in [1.807, 2.05) is 24.3 Å². The molecule has 0 bridgehead atoms. The first-order chi connectivity index (χ1) is 10.3. The summed E-state index contributed by atoms with van der Waals surface area (Å²) in [6.07, 6.45) is 5.54. The highest BCUT2D eigenvalue weighted by atomic mass is 16.3. The highest BCUT2D eigenvalue weighted by Crippen LogP contribution is 2.19. The van der Waals surface area contributed by atoms with Crippen LogP contribution in [0.25, 0.3) is 10.9 Å². The molecule has 1 aliphatic rings. The minimum absolute atomic E-state index is 0.173. The summed E-state index contributed by atoms with van der Waals surface area (Å²) in [6, 6.07) is 7.39. The Morgan fingerprint density at radius 2 is 1.95 bits per heavy atom. The van der Waals surface area contributed by atoms with Crippen molar-refractivity contribution in [2.24, 2.45) is 0 Å². The van der Waals surface area contributed by atoms with Crippen LogP contribution in [0.2, 0.25) is 0 Å². The Bertz CT molecular complexity index is 623.